The van der Waals surface area contributed by atoms with Crippen LogP contribution < -0.4 is 20.9 Å². The Morgan fingerprint density at radius 1 is 1.12 bits per heavy atom. The van der Waals surface area contributed by atoms with Crippen molar-refractivity contribution >= 4 is 22.4 Å². The maximum absolute atomic E-state index is 14.4. The van der Waals surface area contributed by atoms with E-state index < -0.39 is 0 Å². The fraction of sp³-hybridized carbons (Fsp3) is 0.529. The standard InChI is InChI=1S/C34H46FN5O2/c1-22-19-34(4,5)14-11-31(22)38-33(40-20-23(2)36-24(3)21-40)37-27-8-10-29-26(17-27)13-16-39(32(29)41)15-12-25-7-9-28(42-6)18-30(25)35/h7-10,13,16-18,22-24,31,36H,11-12,14-15,19-21H2,1-6H3,(H,37,38)/t22-,23-,24+,31-/m0/s1. The molecule has 1 aliphatic carbocycles. The van der Waals surface area contributed by atoms with Crippen LogP contribution in [0.25, 0.3) is 10.8 Å². The first-order chi connectivity index (χ1) is 20.0. The van der Waals surface area contributed by atoms with E-state index >= 15 is 0 Å². The van der Waals surface area contributed by atoms with E-state index in [9.17, 15) is 9.18 Å². The fourth-order valence-electron chi connectivity index (χ4n) is 6.74. The predicted molar refractivity (Wildman–Crippen MR) is 170 cm³/mol. The molecule has 42 heavy (non-hydrogen) atoms. The Labute approximate surface area is 249 Å². The van der Waals surface area contributed by atoms with Gasteiger partial charge >= 0.3 is 0 Å². The molecule has 0 bridgehead atoms. The SMILES string of the molecule is COc1ccc(CCn2ccc3cc(NC(=N[C@H]4CCC(C)(C)C[C@@H]4C)N4C[C@@H](C)N[C@@H](C)C4)ccc3c2=O)c(F)c1. The van der Waals surface area contributed by atoms with Crippen LogP contribution in [0.4, 0.5) is 10.1 Å². The summed E-state index contributed by atoms with van der Waals surface area (Å²) >= 11 is 0. The number of methoxy groups -OCH3 is 1. The van der Waals surface area contributed by atoms with Gasteiger partial charge < -0.3 is 24.8 Å². The van der Waals surface area contributed by atoms with Crippen molar-refractivity contribution in [2.75, 3.05) is 25.5 Å². The van der Waals surface area contributed by atoms with E-state index in [0.29, 0.717) is 53.1 Å². The Balaban J connectivity index is 1.37. The summed E-state index contributed by atoms with van der Waals surface area (Å²) in [5, 5.41) is 8.79. The summed E-state index contributed by atoms with van der Waals surface area (Å²) in [7, 11) is 1.52. The minimum absolute atomic E-state index is 0.0785. The number of rotatable bonds is 6. The summed E-state index contributed by atoms with van der Waals surface area (Å²) in [4.78, 5) is 21.1. The van der Waals surface area contributed by atoms with E-state index in [-0.39, 0.29) is 17.4 Å². The van der Waals surface area contributed by atoms with Crippen molar-refractivity contribution < 1.29 is 9.13 Å². The van der Waals surface area contributed by atoms with Gasteiger partial charge in [0.2, 0.25) is 0 Å². The lowest BCUT2D eigenvalue weighted by molar-refractivity contribution is 0.168. The summed E-state index contributed by atoms with van der Waals surface area (Å²) in [5.74, 6) is 1.59. The molecule has 226 valence electrons. The van der Waals surface area contributed by atoms with Gasteiger partial charge in [0.15, 0.2) is 5.96 Å². The molecule has 8 heteroatoms. The highest BCUT2D eigenvalue weighted by Gasteiger charge is 2.33. The van der Waals surface area contributed by atoms with Crippen LogP contribution in [0.5, 0.6) is 5.75 Å². The zero-order valence-corrected chi connectivity index (χ0v) is 25.9. The van der Waals surface area contributed by atoms with Gasteiger partial charge in [-0.05, 0) is 92.1 Å². The summed E-state index contributed by atoms with van der Waals surface area (Å²) in [5.41, 5.74) is 1.76. The number of nitrogens with zero attached hydrogens (tertiary/aromatic N) is 3. The maximum Gasteiger partial charge on any atom is 0.258 e. The molecular formula is C34H46FN5O2. The number of benzene rings is 2. The average molecular weight is 576 g/mol. The number of aliphatic imine (C=N–C) groups is 1. The lowest BCUT2D eigenvalue weighted by Crippen LogP contribution is -2.57. The van der Waals surface area contributed by atoms with Crippen molar-refractivity contribution in [3.63, 3.8) is 0 Å². The van der Waals surface area contributed by atoms with Gasteiger partial charge in [0.05, 0.1) is 13.2 Å². The number of hydrogen-bond donors (Lipinski definition) is 2. The molecule has 1 aliphatic heterocycles. The molecule has 2 fully saturated rings. The molecule has 0 spiro atoms. The number of anilines is 1. The van der Waals surface area contributed by atoms with Crippen LogP contribution in [0, 0.1) is 17.2 Å². The van der Waals surface area contributed by atoms with Gasteiger partial charge in [-0.2, -0.15) is 0 Å². The highest BCUT2D eigenvalue weighted by Crippen LogP contribution is 2.40. The van der Waals surface area contributed by atoms with E-state index in [2.05, 4.69) is 50.2 Å². The molecule has 0 unspecified atom stereocenters. The molecule has 2 heterocycles. The van der Waals surface area contributed by atoms with Crippen LogP contribution in [-0.4, -0.2) is 53.8 Å². The van der Waals surface area contributed by atoms with Crippen LogP contribution in [0.3, 0.4) is 0 Å². The van der Waals surface area contributed by atoms with Crippen molar-refractivity contribution in [1.82, 2.24) is 14.8 Å². The predicted octanol–water partition coefficient (Wildman–Crippen LogP) is 6.06. The lowest BCUT2D eigenvalue weighted by Gasteiger charge is -2.41. The molecular weight excluding hydrogens is 529 g/mol. The van der Waals surface area contributed by atoms with E-state index in [1.165, 1.54) is 26.0 Å². The molecule has 1 aromatic heterocycles. The maximum atomic E-state index is 14.4. The summed E-state index contributed by atoms with van der Waals surface area (Å²) < 4.78 is 21.2. The summed E-state index contributed by atoms with van der Waals surface area (Å²) in [6.45, 7) is 13.7. The second kappa shape index (κ2) is 12.5. The third-order valence-electron chi connectivity index (χ3n) is 8.91. The molecule has 1 saturated carbocycles. The van der Waals surface area contributed by atoms with Gasteiger partial charge in [-0.3, -0.25) is 4.79 Å². The second-order valence-electron chi connectivity index (χ2n) is 13.2. The van der Waals surface area contributed by atoms with Crippen LogP contribution in [0.15, 0.2) is 58.4 Å². The zero-order chi connectivity index (χ0) is 30.0. The van der Waals surface area contributed by atoms with Gasteiger partial charge in [0.1, 0.15) is 11.6 Å². The third-order valence-corrected chi connectivity index (χ3v) is 8.91. The van der Waals surface area contributed by atoms with Crippen LogP contribution >= 0.6 is 0 Å². The quantitative estimate of drug-likeness (QED) is 0.276. The Morgan fingerprint density at radius 3 is 2.57 bits per heavy atom. The van der Waals surface area contributed by atoms with Crippen molar-refractivity contribution in [3.05, 3.63) is 70.4 Å². The molecule has 7 nitrogen and oxygen atoms in total. The van der Waals surface area contributed by atoms with Gasteiger partial charge in [-0.25, -0.2) is 9.38 Å². The number of guanidine groups is 1. The first kappa shape index (κ1) is 30.1. The number of pyridine rings is 1. The van der Waals surface area contributed by atoms with Crippen molar-refractivity contribution in [3.8, 4) is 5.75 Å². The number of fused-ring (bicyclic) bond motifs is 1. The summed E-state index contributed by atoms with van der Waals surface area (Å²) in [6.07, 6.45) is 5.67. The molecule has 2 aromatic carbocycles. The largest absolute Gasteiger partial charge is 0.497 e. The molecule has 2 aliphatic rings. The van der Waals surface area contributed by atoms with Crippen molar-refractivity contribution in [1.29, 1.82) is 0 Å². The van der Waals surface area contributed by atoms with Crippen molar-refractivity contribution in [2.24, 2.45) is 16.3 Å². The number of hydrogen-bond acceptors (Lipinski definition) is 4. The molecule has 4 atom stereocenters. The minimum atomic E-state index is -0.323. The fourth-order valence-corrected chi connectivity index (χ4v) is 6.74. The Bertz CT molecular complexity index is 1490. The lowest BCUT2D eigenvalue weighted by atomic mass is 9.71. The monoisotopic (exact) mass is 575 g/mol. The second-order valence-corrected chi connectivity index (χ2v) is 13.2. The molecule has 5 rings (SSSR count). The van der Waals surface area contributed by atoms with Gasteiger partial charge in [-0.15, -0.1) is 0 Å². The Morgan fingerprint density at radius 2 is 1.88 bits per heavy atom. The van der Waals surface area contributed by atoms with Gasteiger partial charge in [0, 0.05) is 55.1 Å². The Kier molecular flexibility index (Phi) is 8.92. The molecule has 1 saturated heterocycles. The number of aryl methyl sites for hydroxylation is 2. The zero-order valence-electron chi connectivity index (χ0n) is 25.9. The molecule has 3 aromatic rings. The van der Waals surface area contributed by atoms with Crippen molar-refractivity contribution in [2.45, 2.75) is 85.0 Å². The number of ether oxygens (including phenoxy) is 1. The number of halogens is 1. The normalized spacial score (nSPS) is 24.5. The molecule has 0 amide bonds. The van der Waals surface area contributed by atoms with Crippen LogP contribution in [-0.2, 0) is 13.0 Å². The first-order valence-electron chi connectivity index (χ1n) is 15.3. The number of nitrogens with one attached hydrogen (secondary N) is 2. The first-order valence-corrected chi connectivity index (χ1v) is 15.3. The Hall–Kier alpha value is -3.39. The highest BCUT2D eigenvalue weighted by atomic mass is 19.1. The minimum Gasteiger partial charge on any atom is -0.497 e. The highest BCUT2D eigenvalue weighted by molar-refractivity contribution is 5.96. The van der Waals surface area contributed by atoms with Crippen LogP contribution in [0.1, 0.15) is 59.4 Å². The number of aromatic nitrogens is 1. The van der Waals surface area contributed by atoms with E-state index in [1.807, 2.05) is 24.3 Å². The van der Waals surface area contributed by atoms with E-state index in [4.69, 9.17) is 9.73 Å². The van der Waals surface area contributed by atoms with Crippen LogP contribution in [0.2, 0.25) is 0 Å². The topological polar surface area (TPSA) is 70.9 Å². The van der Waals surface area contributed by atoms with E-state index in [1.54, 1.807) is 22.9 Å². The van der Waals surface area contributed by atoms with E-state index in [0.717, 1.165) is 36.5 Å². The summed E-state index contributed by atoms with van der Waals surface area (Å²) in [6, 6.07) is 13.7. The third kappa shape index (κ3) is 6.97. The number of piperazine rings is 1. The molecule has 0 radical (unpaired) electrons. The average Bonchev–Trinajstić information content (AvgIpc) is 2.93. The smallest absolute Gasteiger partial charge is 0.258 e. The van der Waals surface area contributed by atoms with Gasteiger partial charge in [-0.1, -0.05) is 26.8 Å². The molecule has 2 N–H and O–H groups in total. The van der Waals surface area contributed by atoms with Gasteiger partial charge in [0.25, 0.3) is 5.56 Å².